The number of hydrogen-bond donors (Lipinski definition) is 1. The molecule has 1 saturated carbocycles. The molecule has 10 rings (SSSR count). The van der Waals surface area contributed by atoms with Crippen molar-refractivity contribution in [1.29, 1.82) is 0 Å². The molecule has 4 heterocycles. The summed E-state index contributed by atoms with van der Waals surface area (Å²) >= 11 is 7.91. The topological polar surface area (TPSA) is 140 Å². The Bertz CT molecular complexity index is 3060. The van der Waals surface area contributed by atoms with E-state index in [0.29, 0.717) is 39.3 Å². The minimum Gasteiger partial charge on any atom is -0.504 e. The van der Waals surface area contributed by atoms with Crippen molar-refractivity contribution in [3.8, 4) is 33.6 Å². The van der Waals surface area contributed by atoms with Crippen LogP contribution in [0.2, 0.25) is 5.02 Å². The molecule has 4 amide bonds. The number of aromatic hydroxyl groups is 1. The Morgan fingerprint density at radius 1 is 0.831 bits per heavy atom. The van der Waals surface area contributed by atoms with Crippen LogP contribution in [0.25, 0.3) is 32.8 Å². The van der Waals surface area contributed by atoms with Gasteiger partial charge in [-0.05, 0) is 115 Å². The fraction of sp³-hybridized carbons (Fsp3) is 0.275. The number of aryl methyl sites for hydroxylation is 2. The summed E-state index contributed by atoms with van der Waals surface area (Å²) in [4.78, 5) is 62.9. The van der Waals surface area contributed by atoms with E-state index in [1.54, 1.807) is 73.7 Å². The number of halogens is 1. The van der Waals surface area contributed by atoms with Crippen LogP contribution in [0, 0.1) is 36.0 Å². The molecule has 0 spiro atoms. The number of phenolic OH excluding ortho intramolecular Hbond substituents is 1. The molecular weight excluding hydrogens is 864 g/mol. The molecule has 2 aromatic heterocycles. The molecule has 0 unspecified atom stereocenters. The Kier molecular flexibility index (Phi) is 10.3. The van der Waals surface area contributed by atoms with Crippen LogP contribution in [0.1, 0.15) is 47.9 Å². The Labute approximate surface area is 384 Å². The Morgan fingerprint density at radius 3 is 2.31 bits per heavy atom. The standard InChI is InChI=1S/C51H45ClN4O8S/c1-26-35-23-30(52)12-20-42(35)65-46(26)38-25-43(54(3)53-38)56-48(59)37-24-36-33(45(51(37,2)50(56)61)29-11-18-41(64-6)39(57)22-29)16-17-34-44(36)49(60)55(47(34)58)31-13-8-27(9-14-31)7-10-28-21-32(62-4)15-19-40(28)63-5/h7-16,18-23,25,34,36-37,44-45,57H,17,24H2,1-6H3/t34-,36+,37-,44-,45-,51+/m0/s1. The van der Waals surface area contributed by atoms with Crippen LogP contribution < -0.4 is 24.0 Å². The number of anilines is 2. The number of thiophene rings is 1. The summed E-state index contributed by atoms with van der Waals surface area (Å²) in [5, 5.41) is 17.6. The number of carbonyl (C=O) groups is 4. The van der Waals surface area contributed by atoms with Crippen molar-refractivity contribution in [2.24, 2.45) is 36.1 Å². The van der Waals surface area contributed by atoms with Gasteiger partial charge in [-0.1, -0.05) is 53.6 Å². The maximum atomic E-state index is 15.3. The number of ether oxygens (including phenoxy) is 3. The second kappa shape index (κ2) is 15.8. The van der Waals surface area contributed by atoms with Gasteiger partial charge in [-0.3, -0.25) is 28.8 Å². The lowest BCUT2D eigenvalue weighted by Crippen LogP contribution is -2.48. The first-order valence-corrected chi connectivity index (χ1v) is 22.5. The summed E-state index contributed by atoms with van der Waals surface area (Å²) in [6.07, 6.45) is 6.27. The molecule has 330 valence electrons. The van der Waals surface area contributed by atoms with Gasteiger partial charge >= 0.3 is 0 Å². The molecule has 4 aromatic carbocycles. The second-order valence-corrected chi connectivity index (χ2v) is 18.8. The van der Waals surface area contributed by atoms with Crippen LogP contribution in [-0.4, -0.2) is 59.8 Å². The minimum absolute atomic E-state index is 0.120. The van der Waals surface area contributed by atoms with E-state index in [1.807, 2.05) is 80.6 Å². The number of imide groups is 2. The number of methoxy groups -OCH3 is 3. The minimum atomic E-state index is -1.33. The molecule has 14 heteroatoms. The van der Waals surface area contributed by atoms with Crippen molar-refractivity contribution in [3.63, 3.8) is 0 Å². The lowest BCUT2D eigenvalue weighted by atomic mass is 9.51. The van der Waals surface area contributed by atoms with Gasteiger partial charge in [-0.15, -0.1) is 11.3 Å². The number of carbonyl (C=O) groups excluding carboxylic acids is 4. The highest BCUT2D eigenvalue weighted by Gasteiger charge is 2.68. The molecule has 2 aliphatic carbocycles. The number of nitrogens with zero attached hydrogens (tertiary/aromatic N) is 4. The number of allylic oxidation sites excluding steroid dienone is 2. The average molecular weight is 909 g/mol. The van der Waals surface area contributed by atoms with Crippen molar-refractivity contribution in [1.82, 2.24) is 9.78 Å². The first-order valence-electron chi connectivity index (χ1n) is 21.3. The van der Waals surface area contributed by atoms with Gasteiger partial charge in [0.15, 0.2) is 11.5 Å². The fourth-order valence-corrected chi connectivity index (χ4v) is 12.2. The molecule has 2 aliphatic heterocycles. The average Bonchev–Trinajstić information content (AvgIpc) is 3.98. The highest BCUT2D eigenvalue weighted by molar-refractivity contribution is 7.22. The van der Waals surface area contributed by atoms with Gasteiger partial charge in [0.25, 0.3) is 0 Å². The highest BCUT2D eigenvalue weighted by atomic mass is 35.5. The number of hydrogen-bond acceptors (Lipinski definition) is 10. The molecule has 1 N–H and O–H groups in total. The molecule has 0 radical (unpaired) electrons. The van der Waals surface area contributed by atoms with Crippen molar-refractivity contribution in [2.45, 2.75) is 32.6 Å². The number of fused-ring (bicyclic) bond motifs is 5. The van der Waals surface area contributed by atoms with Gasteiger partial charge < -0.3 is 19.3 Å². The van der Waals surface area contributed by atoms with E-state index in [9.17, 15) is 14.7 Å². The van der Waals surface area contributed by atoms with E-state index in [2.05, 4.69) is 0 Å². The number of amides is 4. The molecule has 2 saturated heterocycles. The zero-order chi connectivity index (χ0) is 45.6. The van der Waals surface area contributed by atoms with Gasteiger partial charge in [0.2, 0.25) is 23.6 Å². The summed E-state index contributed by atoms with van der Waals surface area (Å²) in [6.45, 7) is 3.82. The van der Waals surface area contributed by atoms with Crippen LogP contribution in [-0.2, 0) is 26.2 Å². The van der Waals surface area contributed by atoms with Crippen LogP contribution >= 0.6 is 22.9 Å². The molecule has 6 atom stereocenters. The normalized spacial score (nSPS) is 23.9. The first-order chi connectivity index (χ1) is 31.3. The van der Waals surface area contributed by atoms with E-state index in [1.165, 1.54) is 16.9 Å². The van der Waals surface area contributed by atoms with Gasteiger partial charge in [0, 0.05) is 34.3 Å². The van der Waals surface area contributed by atoms with Crippen LogP contribution in [0.3, 0.4) is 0 Å². The monoisotopic (exact) mass is 908 g/mol. The molecular formula is C51H45ClN4O8S. The van der Waals surface area contributed by atoms with Gasteiger partial charge in [0.05, 0.1) is 55.1 Å². The van der Waals surface area contributed by atoms with E-state index in [0.717, 1.165) is 37.2 Å². The van der Waals surface area contributed by atoms with E-state index in [4.69, 9.17) is 30.9 Å². The maximum Gasteiger partial charge on any atom is 0.242 e. The summed E-state index contributed by atoms with van der Waals surface area (Å²) in [7, 11) is 6.38. The lowest BCUT2D eigenvalue weighted by Gasteiger charge is -2.49. The quantitative estimate of drug-likeness (QED) is 0.0853. The lowest BCUT2D eigenvalue weighted by molar-refractivity contribution is -0.131. The summed E-state index contributed by atoms with van der Waals surface area (Å²) in [6, 6.07) is 25.3. The van der Waals surface area contributed by atoms with E-state index < -0.39 is 46.8 Å². The molecule has 6 aromatic rings. The predicted octanol–water partition coefficient (Wildman–Crippen LogP) is 9.60. The first kappa shape index (κ1) is 42.3. The van der Waals surface area contributed by atoms with Crippen molar-refractivity contribution >= 4 is 80.3 Å². The number of aromatic nitrogens is 2. The van der Waals surface area contributed by atoms with Gasteiger partial charge in [0.1, 0.15) is 23.0 Å². The number of phenols is 1. The van der Waals surface area contributed by atoms with Crippen molar-refractivity contribution in [2.75, 3.05) is 31.1 Å². The van der Waals surface area contributed by atoms with E-state index >= 15 is 9.59 Å². The molecule has 3 fully saturated rings. The predicted molar refractivity (Wildman–Crippen MR) is 250 cm³/mol. The third kappa shape index (κ3) is 6.49. The van der Waals surface area contributed by atoms with Crippen LogP contribution in [0.5, 0.6) is 23.0 Å². The zero-order valence-electron chi connectivity index (χ0n) is 36.5. The third-order valence-corrected chi connectivity index (χ3v) is 15.6. The SMILES string of the molecule is COc1ccc(OC)c(C=Cc2ccc(N3C(=O)[C@H]4[C@H](CC=C5[C@H]4C[C@H]4C(=O)N(c6cc(-c7sc8ccc(Cl)cc8c7C)nn6C)C(=O)[C@@]4(C)[C@H]5c4ccc(OC)c(O)c4)C3=O)cc2)c1. The summed E-state index contributed by atoms with van der Waals surface area (Å²) in [5.74, 6) is -3.19. The molecule has 4 aliphatic rings. The highest BCUT2D eigenvalue weighted by Crippen LogP contribution is 2.64. The van der Waals surface area contributed by atoms with Crippen molar-refractivity contribution in [3.05, 3.63) is 124 Å². The van der Waals surface area contributed by atoms with Gasteiger partial charge in [-0.25, -0.2) is 4.90 Å². The third-order valence-electron chi connectivity index (χ3n) is 14.1. The van der Waals surface area contributed by atoms with Gasteiger partial charge in [-0.2, -0.15) is 5.10 Å². The molecule has 0 bridgehead atoms. The molecule has 12 nitrogen and oxygen atoms in total. The maximum absolute atomic E-state index is 15.3. The van der Waals surface area contributed by atoms with Crippen LogP contribution in [0.4, 0.5) is 11.5 Å². The van der Waals surface area contributed by atoms with Crippen molar-refractivity contribution < 1.29 is 38.5 Å². The zero-order valence-corrected chi connectivity index (χ0v) is 38.1. The summed E-state index contributed by atoms with van der Waals surface area (Å²) in [5.41, 5.74) is 3.80. The number of rotatable bonds is 9. The Morgan fingerprint density at radius 2 is 1.58 bits per heavy atom. The summed E-state index contributed by atoms with van der Waals surface area (Å²) < 4.78 is 18.9. The molecule has 65 heavy (non-hydrogen) atoms. The second-order valence-electron chi connectivity index (χ2n) is 17.3. The Balaban J connectivity index is 1.000. The smallest absolute Gasteiger partial charge is 0.242 e. The van der Waals surface area contributed by atoms with E-state index in [-0.39, 0.29) is 36.2 Å². The Hall–Kier alpha value is -6.70. The largest absolute Gasteiger partial charge is 0.504 e. The van der Waals surface area contributed by atoms with Crippen LogP contribution in [0.15, 0.2) is 96.6 Å². The number of benzene rings is 4. The fourth-order valence-electron chi connectivity index (χ4n) is 10.9.